The van der Waals surface area contributed by atoms with Crippen molar-refractivity contribution in [2.75, 3.05) is 12.4 Å². The van der Waals surface area contributed by atoms with Crippen molar-refractivity contribution in [1.82, 2.24) is 9.88 Å². The zero-order valence-corrected chi connectivity index (χ0v) is 13.2. The summed E-state index contributed by atoms with van der Waals surface area (Å²) in [5, 5.41) is 5.35. The molecule has 2 amide bonds. The summed E-state index contributed by atoms with van der Waals surface area (Å²) in [7, 11) is 1.56. The molecule has 3 rings (SSSR count). The van der Waals surface area contributed by atoms with Gasteiger partial charge in [0.25, 0.3) is 11.8 Å². The van der Waals surface area contributed by atoms with E-state index in [-0.39, 0.29) is 11.8 Å². The number of carbonyl (C=O) groups excluding carboxylic acids is 2. The molecule has 3 aromatic rings. The van der Waals surface area contributed by atoms with E-state index in [1.165, 1.54) is 0 Å². The summed E-state index contributed by atoms with van der Waals surface area (Å²) in [6, 6.07) is 18.1. The van der Waals surface area contributed by atoms with Crippen molar-refractivity contribution in [3.63, 3.8) is 0 Å². The van der Waals surface area contributed by atoms with Crippen LogP contribution < -0.4 is 10.6 Å². The van der Waals surface area contributed by atoms with E-state index >= 15 is 0 Å². The Morgan fingerprint density at radius 3 is 2.17 bits per heavy atom. The van der Waals surface area contributed by atoms with Gasteiger partial charge in [0.2, 0.25) is 0 Å². The van der Waals surface area contributed by atoms with Crippen LogP contribution in [0.15, 0.2) is 73.1 Å². The molecule has 2 N–H and O–H groups in total. The number of nitrogens with zero attached hydrogens (tertiary/aromatic N) is 1. The molecule has 0 fully saturated rings. The molecule has 2 aromatic carbocycles. The second-order valence-corrected chi connectivity index (χ2v) is 5.22. The van der Waals surface area contributed by atoms with Gasteiger partial charge in [0, 0.05) is 30.7 Å². The van der Waals surface area contributed by atoms with Crippen LogP contribution in [0.3, 0.4) is 0 Å². The van der Waals surface area contributed by atoms with Gasteiger partial charge in [-0.25, -0.2) is 0 Å². The second-order valence-electron chi connectivity index (χ2n) is 5.22. The summed E-state index contributed by atoms with van der Waals surface area (Å²) in [4.78, 5) is 24.3. The summed E-state index contributed by atoms with van der Waals surface area (Å²) in [6.07, 6.45) is 3.88. The first-order valence-corrected chi connectivity index (χ1v) is 7.55. The molecule has 0 saturated carbocycles. The maximum atomic E-state index is 12.4. The quantitative estimate of drug-likeness (QED) is 0.776. The minimum Gasteiger partial charge on any atom is -0.355 e. The molecule has 0 unspecified atom stereocenters. The number of hydrogen-bond donors (Lipinski definition) is 2. The van der Waals surface area contributed by atoms with E-state index in [1.54, 1.807) is 43.4 Å². The Bertz CT molecular complexity index is 853. The lowest BCUT2D eigenvalue weighted by atomic mass is 10.1. The molecule has 0 atom stereocenters. The van der Waals surface area contributed by atoms with Crippen LogP contribution in [0.5, 0.6) is 0 Å². The Kier molecular flexibility index (Phi) is 4.43. The highest BCUT2D eigenvalue weighted by Crippen LogP contribution is 2.17. The van der Waals surface area contributed by atoms with Crippen molar-refractivity contribution in [2.24, 2.45) is 0 Å². The van der Waals surface area contributed by atoms with Gasteiger partial charge in [-0.3, -0.25) is 9.59 Å². The lowest BCUT2D eigenvalue weighted by Gasteiger charge is -2.10. The molecule has 24 heavy (non-hydrogen) atoms. The van der Waals surface area contributed by atoms with E-state index in [9.17, 15) is 9.59 Å². The third kappa shape index (κ3) is 3.20. The maximum Gasteiger partial charge on any atom is 0.255 e. The van der Waals surface area contributed by atoms with E-state index in [1.807, 2.05) is 41.2 Å². The first-order valence-electron chi connectivity index (χ1n) is 7.55. The van der Waals surface area contributed by atoms with E-state index < -0.39 is 0 Å². The predicted octanol–water partition coefficient (Wildman–Crippen LogP) is 3.09. The van der Waals surface area contributed by atoms with E-state index in [2.05, 4.69) is 10.6 Å². The minimum absolute atomic E-state index is 0.242. The van der Waals surface area contributed by atoms with Gasteiger partial charge in [0.15, 0.2) is 0 Å². The number of amides is 2. The van der Waals surface area contributed by atoms with E-state index in [0.717, 1.165) is 5.69 Å². The first kappa shape index (κ1) is 15.6. The molecule has 0 radical (unpaired) electrons. The van der Waals surface area contributed by atoms with Gasteiger partial charge in [0.1, 0.15) is 0 Å². The molecule has 5 nitrogen and oxygen atoms in total. The van der Waals surface area contributed by atoms with Gasteiger partial charge in [-0.15, -0.1) is 0 Å². The average Bonchev–Trinajstić information content (AvgIpc) is 3.16. The number of anilines is 1. The molecule has 0 spiro atoms. The fourth-order valence-electron chi connectivity index (χ4n) is 2.41. The fourth-order valence-corrected chi connectivity index (χ4v) is 2.41. The molecular formula is C19H17N3O2. The number of hydrogen-bond acceptors (Lipinski definition) is 2. The SMILES string of the molecule is CNC(=O)c1ccccc1NC(=O)c1ccc(-n2cccc2)cc1. The Balaban J connectivity index is 1.80. The van der Waals surface area contributed by atoms with Crippen LogP contribution in [0.1, 0.15) is 20.7 Å². The fraction of sp³-hybridized carbons (Fsp3) is 0.0526. The molecule has 120 valence electrons. The number of aromatic nitrogens is 1. The maximum absolute atomic E-state index is 12.4. The summed E-state index contributed by atoms with van der Waals surface area (Å²) >= 11 is 0. The van der Waals surface area contributed by atoms with Gasteiger partial charge >= 0.3 is 0 Å². The highest BCUT2D eigenvalue weighted by molar-refractivity contribution is 6.09. The van der Waals surface area contributed by atoms with Crippen LogP contribution in [0.25, 0.3) is 5.69 Å². The topological polar surface area (TPSA) is 63.1 Å². The lowest BCUT2D eigenvalue weighted by Crippen LogP contribution is -2.21. The van der Waals surface area contributed by atoms with Gasteiger partial charge in [-0.05, 0) is 48.5 Å². The second kappa shape index (κ2) is 6.83. The Labute approximate surface area is 139 Å². The Hall–Kier alpha value is -3.34. The molecule has 5 heteroatoms. The van der Waals surface area contributed by atoms with Crippen molar-refractivity contribution in [1.29, 1.82) is 0 Å². The highest BCUT2D eigenvalue weighted by atomic mass is 16.2. The van der Waals surface area contributed by atoms with Crippen LogP contribution in [0.2, 0.25) is 0 Å². The third-order valence-electron chi connectivity index (χ3n) is 3.68. The van der Waals surface area contributed by atoms with Gasteiger partial charge in [-0.1, -0.05) is 12.1 Å². The van der Waals surface area contributed by atoms with Crippen molar-refractivity contribution in [3.05, 3.63) is 84.2 Å². The molecule has 0 aliphatic heterocycles. The molecule has 1 aromatic heterocycles. The van der Waals surface area contributed by atoms with Crippen LogP contribution in [0.4, 0.5) is 5.69 Å². The van der Waals surface area contributed by atoms with Crippen LogP contribution in [0, 0.1) is 0 Å². The molecule has 0 bridgehead atoms. The smallest absolute Gasteiger partial charge is 0.255 e. The number of carbonyl (C=O) groups is 2. The zero-order valence-electron chi connectivity index (χ0n) is 13.2. The van der Waals surface area contributed by atoms with Gasteiger partial charge in [0.05, 0.1) is 11.3 Å². The number of nitrogens with one attached hydrogen (secondary N) is 2. The molecule has 0 aliphatic rings. The van der Waals surface area contributed by atoms with Crippen molar-refractivity contribution in [3.8, 4) is 5.69 Å². The predicted molar refractivity (Wildman–Crippen MR) is 93.6 cm³/mol. The van der Waals surface area contributed by atoms with Crippen LogP contribution >= 0.6 is 0 Å². The Morgan fingerprint density at radius 2 is 1.50 bits per heavy atom. The minimum atomic E-state index is -0.259. The molecular weight excluding hydrogens is 302 g/mol. The Morgan fingerprint density at radius 1 is 0.833 bits per heavy atom. The molecule has 1 heterocycles. The molecule has 0 aliphatic carbocycles. The van der Waals surface area contributed by atoms with Gasteiger partial charge in [-0.2, -0.15) is 0 Å². The third-order valence-corrected chi connectivity index (χ3v) is 3.68. The van der Waals surface area contributed by atoms with Crippen molar-refractivity contribution < 1.29 is 9.59 Å². The summed E-state index contributed by atoms with van der Waals surface area (Å²) in [5.41, 5.74) is 2.41. The van der Waals surface area contributed by atoms with Crippen LogP contribution in [-0.2, 0) is 0 Å². The summed E-state index contributed by atoms with van der Waals surface area (Å²) in [5.74, 6) is -0.501. The highest BCUT2D eigenvalue weighted by Gasteiger charge is 2.13. The van der Waals surface area contributed by atoms with E-state index in [4.69, 9.17) is 0 Å². The largest absolute Gasteiger partial charge is 0.355 e. The average molecular weight is 319 g/mol. The summed E-state index contributed by atoms with van der Waals surface area (Å²) < 4.78 is 1.96. The van der Waals surface area contributed by atoms with Gasteiger partial charge < -0.3 is 15.2 Å². The lowest BCUT2D eigenvalue weighted by molar-refractivity contribution is 0.0964. The number of benzene rings is 2. The monoisotopic (exact) mass is 319 g/mol. The normalized spacial score (nSPS) is 10.2. The van der Waals surface area contributed by atoms with Crippen LogP contribution in [-0.4, -0.2) is 23.4 Å². The summed E-state index contributed by atoms with van der Waals surface area (Å²) in [6.45, 7) is 0. The first-order chi connectivity index (χ1) is 11.7. The standard InChI is InChI=1S/C19H17N3O2/c1-20-19(24)16-6-2-3-7-17(16)21-18(23)14-8-10-15(11-9-14)22-12-4-5-13-22/h2-13H,1H3,(H,20,24)(H,21,23). The van der Waals surface area contributed by atoms with Crippen molar-refractivity contribution >= 4 is 17.5 Å². The number of rotatable bonds is 4. The van der Waals surface area contributed by atoms with E-state index in [0.29, 0.717) is 16.8 Å². The van der Waals surface area contributed by atoms with Crippen molar-refractivity contribution in [2.45, 2.75) is 0 Å². The molecule has 0 saturated heterocycles. The number of para-hydroxylation sites is 1. The zero-order chi connectivity index (χ0) is 16.9.